The Morgan fingerprint density at radius 3 is 2.27 bits per heavy atom. The highest BCUT2D eigenvalue weighted by Gasteiger charge is 2.33. The number of hydrogen-bond donors (Lipinski definition) is 1. The zero-order valence-corrected chi connectivity index (χ0v) is 20.4. The zero-order chi connectivity index (χ0) is 24.0. The van der Waals surface area contributed by atoms with Gasteiger partial charge in [-0.2, -0.15) is 4.31 Å². The van der Waals surface area contributed by atoms with E-state index in [1.165, 1.54) is 16.4 Å². The fourth-order valence-electron chi connectivity index (χ4n) is 4.36. The molecular weight excluding hydrogens is 443 g/mol. The molecule has 0 unspecified atom stereocenters. The van der Waals surface area contributed by atoms with Crippen LogP contribution in [0, 0.1) is 32.5 Å². The van der Waals surface area contributed by atoms with Gasteiger partial charge in [0.1, 0.15) is 11.6 Å². The van der Waals surface area contributed by atoms with E-state index in [0.717, 1.165) is 29.5 Å². The van der Waals surface area contributed by atoms with Crippen LogP contribution < -0.4 is 10.1 Å². The number of carbonyl (C=O) groups is 1. The summed E-state index contributed by atoms with van der Waals surface area (Å²) in [6.07, 6.45) is 2.57. The predicted molar refractivity (Wildman–Crippen MR) is 126 cm³/mol. The molecule has 8 heteroatoms. The first-order valence-corrected chi connectivity index (χ1v) is 12.9. The summed E-state index contributed by atoms with van der Waals surface area (Å²) in [5.41, 5.74) is 2.56. The standard InChI is InChI=1S/C25H33FN2O4S/c1-18-16-19(2)24(20(3)17-18)33(30,31)28-13-10-21(11-14-28)25(29)27-12-4-5-15-32-23-8-6-22(26)7-9-23/h6-9,16-17,21H,4-5,10-15H2,1-3H3,(H,27,29). The molecule has 33 heavy (non-hydrogen) atoms. The fourth-order valence-corrected chi connectivity index (χ4v) is 6.25. The number of hydrogen-bond acceptors (Lipinski definition) is 4. The largest absolute Gasteiger partial charge is 0.494 e. The summed E-state index contributed by atoms with van der Waals surface area (Å²) in [4.78, 5) is 12.9. The second-order valence-corrected chi connectivity index (χ2v) is 10.6. The van der Waals surface area contributed by atoms with Crippen molar-refractivity contribution in [2.75, 3.05) is 26.2 Å². The number of piperidine rings is 1. The normalized spacial score (nSPS) is 15.4. The Bertz CT molecular complexity index is 1040. The Hall–Kier alpha value is -2.45. The van der Waals surface area contributed by atoms with E-state index in [1.807, 2.05) is 32.9 Å². The third-order valence-electron chi connectivity index (χ3n) is 5.98. The van der Waals surface area contributed by atoms with Crippen LogP contribution in [0.3, 0.4) is 0 Å². The smallest absolute Gasteiger partial charge is 0.243 e. The van der Waals surface area contributed by atoms with Crippen molar-refractivity contribution in [3.8, 4) is 5.75 Å². The lowest BCUT2D eigenvalue weighted by molar-refractivity contribution is -0.126. The van der Waals surface area contributed by atoms with E-state index in [-0.39, 0.29) is 17.6 Å². The van der Waals surface area contributed by atoms with E-state index >= 15 is 0 Å². The van der Waals surface area contributed by atoms with Crippen molar-refractivity contribution in [3.63, 3.8) is 0 Å². The third kappa shape index (κ3) is 6.54. The predicted octanol–water partition coefficient (Wildman–Crippen LogP) is 4.13. The van der Waals surface area contributed by atoms with Gasteiger partial charge in [0.2, 0.25) is 15.9 Å². The van der Waals surface area contributed by atoms with Crippen molar-refractivity contribution < 1.29 is 22.3 Å². The zero-order valence-electron chi connectivity index (χ0n) is 19.6. The summed E-state index contributed by atoms with van der Waals surface area (Å²) in [5.74, 6) is 0.133. The summed E-state index contributed by atoms with van der Waals surface area (Å²) in [7, 11) is -3.57. The number of unbranched alkanes of at least 4 members (excludes halogenated alkanes) is 1. The van der Waals surface area contributed by atoms with E-state index in [9.17, 15) is 17.6 Å². The van der Waals surface area contributed by atoms with Gasteiger partial charge in [0, 0.05) is 25.6 Å². The van der Waals surface area contributed by atoms with Gasteiger partial charge in [0.15, 0.2) is 0 Å². The average molecular weight is 477 g/mol. The molecule has 1 saturated heterocycles. The molecule has 0 aromatic heterocycles. The molecule has 0 saturated carbocycles. The highest BCUT2D eigenvalue weighted by molar-refractivity contribution is 7.89. The number of amides is 1. The average Bonchev–Trinajstić information content (AvgIpc) is 2.76. The van der Waals surface area contributed by atoms with Crippen LogP contribution in [0.1, 0.15) is 42.4 Å². The molecule has 1 aliphatic rings. The van der Waals surface area contributed by atoms with Crippen LogP contribution in [0.5, 0.6) is 5.75 Å². The molecule has 2 aromatic rings. The molecule has 1 amide bonds. The molecular formula is C25H33FN2O4S. The number of nitrogens with one attached hydrogen (secondary N) is 1. The summed E-state index contributed by atoms with van der Waals surface area (Å²) in [6.45, 7) is 7.35. The molecule has 1 N–H and O–H groups in total. The number of benzene rings is 2. The maximum Gasteiger partial charge on any atom is 0.243 e. The first-order chi connectivity index (χ1) is 15.7. The van der Waals surface area contributed by atoms with Crippen LogP contribution in [-0.2, 0) is 14.8 Å². The highest BCUT2D eigenvalue weighted by Crippen LogP contribution is 2.28. The van der Waals surface area contributed by atoms with Gasteiger partial charge >= 0.3 is 0 Å². The van der Waals surface area contributed by atoms with Crippen molar-refractivity contribution in [2.45, 2.75) is 51.3 Å². The minimum atomic E-state index is -3.57. The lowest BCUT2D eigenvalue weighted by Crippen LogP contribution is -2.43. The number of nitrogens with zero attached hydrogens (tertiary/aromatic N) is 1. The van der Waals surface area contributed by atoms with Gasteiger partial charge in [-0.25, -0.2) is 12.8 Å². The van der Waals surface area contributed by atoms with Gasteiger partial charge in [0.25, 0.3) is 0 Å². The molecule has 0 radical (unpaired) electrons. The van der Waals surface area contributed by atoms with Gasteiger partial charge in [-0.15, -0.1) is 0 Å². The highest BCUT2D eigenvalue weighted by atomic mass is 32.2. The molecule has 0 bridgehead atoms. The summed E-state index contributed by atoms with van der Waals surface area (Å²) in [5, 5.41) is 2.96. The van der Waals surface area contributed by atoms with Crippen LogP contribution in [-0.4, -0.2) is 44.9 Å². The van der Waals surface area contributed by atoms with Gasteiger partial charge in [-0.05, 0) is 81.8 Å². The Morgan fingerprint density at radius 2 is 1.67 bits per heavy atom. The van der Waals surface area contributed by atoms with Crippen LogP contribution in [0.2, 0.25) is 0 Å². The molecule has 0 atom stereocenters. The Morgan fingerprint density at radius 1 is 1.06 bits per heavy atom. The topological polar surface area (TPSA) is 75.7 Å². The van der Waals surface area contributed by atoms with Crippen molar-refractivity contribution in [3.05, 3.63) is 58.9 Å². The lowest BCUT2D eigenvalue weighted by Gasteiger charge is -2.31. The monoisotopic (exact) mass is 476 g/mol. The summed E-state index contributed by atoms with van der Waals surface area (Å²) < 4.78 is 46.3. The van der Waals surface area contributed by atoms with Gasteiger partial charge < -0.3 is 10.1 Å². The van der Waals surface area contributed by atoms with Crippen molar-refractivity contribution in [2.24, 2.45) is 5.92 Å². The molecule has 3 rings (SSSR count). The molecule has 1 fully saturated rings. The minimum Gasteiger partial charge on any atom is -0.494 e. The molecule has 2 aromatic carbocycles. The van der Waals surface area contributed by atoms with E-state index in [2.05, 4.69) is 5.32 Å². The maximum atomic E-state index is 13.2. The van der Waals surface area contributed by atoms with Crippen LogP contribution in [0.15, 0.2) is 41.3 Å². The molecule has 6 nitrogen and oxygen atoms in total. The van der Waals surface area contributed by atoms with E-state index in [4.69, 9.17) is 4.74 Å². The number of aryl methyl sites for hydroxylation is 3. The molecule has 1 heterocycles. The third-order valence-corrected chi connectivity index (χ3v) is 8.18. The second-order valence-electron chi connectivity index (χ2n) is 8.71. The fraction of sp³-hybridized carbons (Fsp3) is 0.480. The first-order valence-electron chi connectivity index (χ1n) is 11.4. The van der Waals surface area contributed by atoms with Crippen molar-refractivity contribution in [1.29, 1.82) is 0 Å². The molecule has 180 valence electrons. The summed E-state index contributed by atoms with van der Waals surface area (Å²) >= 11 is 0. The Balaban J connectivity index is 1.40. The van der Waals surface area contributed by atoms with Crippen LogP contribution in [0.25, 0.3) is 0 Å². The molecule has 0 spiro atoms. The molecule has 1 aliphatic heterocycles. The van der Waals surface area contributed by atoms with Gasteiger partial charge in [0.05, 0.1) is 11.5 Å². The van der Waals surface area contributed by atoms with Crippen LogP contribution >= 0.6 is 0 Å². The maximum absolute atomic E-state index is 13.2. The van der Waals surface area contributed by atoms with E-state index in [1.54, 1.807) is 12.1 Å². The molecule has 0 aliphatic carbocycles. The number of sulfonamides is 1. The summed E-state index contributed by atoms with van der Waals surface area (Å²) in [6, 6.07) is 9.68. The van der Waals surface area contributed by atoms with Crippen LogP contribution in [0.4, 0.5) is 4.39 Å². The van der Waals surface area contributed by atoms with Gasteiger partial charge in [-0.3, -0.25) is 4.79 Å². The number of rotatable bonds is 9. The Labute approximate surface area is 196 Å². The quantitative estimate of drug-likeness (QED) is 0.553. The lowest BCUT2D eigenvalue weighted by atomic mass is 9.97. The van der Waals surface area contributed by atoms with Gasteiger partial charge in [-0.1, -0.05) is 17.7 Å². The number of carbonyl (C=O) groups excluding carboxylic acids is 1. The number of halogens is 1. The second kappa shape index (κ2) is 11.1. The SMILES string of the molecule is Cc1cc(C)c(S(=O)(=O)N2CCC(C(=O)NCCCCOc3ccc(F)cc3)CC2)c(C)c1. The van der Waals surface area contributed by atoms with E-state index in [0.29, 0.717) is 49.7 Å². The minimum absolute atomic E-state index is 0.0193. The van der Waals surface area contributed by atoms with E-state index < -0.39 is 10.0 Å². The number of ether oxygens (including phenoxy) is 1. The Kier molecular flexibility index (Phi) is 8.48. The van der Waals surface area contributed by atoms with Crippen molar-refractivity contribution in [1.82, 2.24) is 9.62 Å². The first kappa shape index (κ1) is 25.2. The van der Waals surface area contributed by atoms with Crippen molar-refractivity contribution >= 4 is 15.9 Å².